The molecule has 1 fully saturated rings. The van der Waals surface area contributed by atoms with Gasteiger partial charge in [-0.05, 0) is 67.4 Å². The molecule has 2 unspecified atom stereocenters. The maximum absolute atomic E-state index is 13.9. The van der Waals surface area contributed by atoms with Crippen LogP contribution in [0.5, 0.6) is 5.75 Å². The second kappa shape index (κ2) is 10.8. The number of sulfone groups is 1. The van der Waals surface area contributed by atoms with E-state index in [1.165, 1.54) is 47.4 Å². The summed E-state index contributed by atoms with van der Waals surface area (Å²) in [4.78, 5) is 25.8. The molecular formula is C27H24ClF3N2O6S. The first kappa shape index (κ1) is 29.4. The van der Waals surface area contributed by atoms with Crippen molar-refractivity contribution >= 4 is 38.9 Å². The highest BCUT2D eigenvalue weighted by atomic mass is 35.5. The van der Waals surface area contributed by atoms with Crippen LogP contribution in [0.25, 0.3) is 0 Å². The first-order chi connectivity index (χ1) is 18.6. The molecule has 1 aliphatic rings. The van der Waals surface area contributed by atoms with Gasteiger partial charge in [0, 0.05) is 23.7 Å². The summed E-state index contributed by atoms with van der Waals surface area (Å²) in [6, 6.07) is 11.4. The molecule has 3 aromatic rings. The molecule has 0 radical (unpaired) electrons. The van der Waals surface area contributed by atoms with Gasteiger partial charge in [0.1, 0.15) is 5.75 Å². The fraction of sp³-hybridized carbons (Fsp3) is 0.259. The van der Waals surface area contributed by atoms with Crippen LogP contribution in [0.3, 0.4) is 0 Å². The van der Waals surface area contributed by atoms with E-state index in [-0.39, 0.29) is 21.3 Å². The Morgan fingerprint density at radius 2 is 1.68 bits per heavy atom. The molecular weight excluding hydrogens is 573 g/mol. The molecule has 8 nitrogen and oxygen atoms in total. The summed E-state index contributed by atoms with van der Waals surface area (Å²) in [6.45, 7) is 0.960. The van der Waals surface area contributed by atoms with Crippen molar-refractivity contribution in [3.63, 3.8) is 0 Å². The highest BCUT2D eigenvalue weighted by molar-refractivity contribution is 7.91. The Labute approximate surface area is 232 Å². The molecule has 0 saturated carbocycles. The number of alkyl halides is 3. The first-order valence-electron chi connectivity index (χ1n) is 12.0. The second-order valence-electron chi connectivity index (χ2n) is 9.40. The summed E-state index contributed by atoms with van der Waals surface area (Å²) < 4.78 is 68.1. The fourth-order valence-corrected chi connectivity index (χ4v) is 5.97. The minimum Gasteiger partial charge on any atom is -0.507 e. The van der Waals surface area contributed by atoms with E-state index >= 15 is 0 Å². The summed E-state index contributed by atoms with van der Waals surface area (Å²) in [6.07, 6.45) is -4.14. The molecule has 3 N–H and O–H groups in total. The van der Waals surface area contributed by atoms with Crippen LogP contribution in [0.4, 0.5) is 18.9 Å². The number of hydrogen-bond donors (Lipinski definition) is 3. The number of aromatic hydroxyl groups is 1. The number of nitrogens with zero attached hydrogens (tertiary/aromatic N) is 1. The Bertz CT molecular complexity index is 1560. The minimum absolute atomic E-state index is 0.0724. The van der Waals surface area contributed by atoms with Crippen LogP contribution in [-0.4, -0.2) is 48.8 Å². The zero-order valence-corrected chi connectivity index (χ0v) is 22.5. The number of carbonyl (C=O) groups excluding carboxylic acids is 2. The van der Waals surface area contributed by atoms with Crippen LogP contribution in [0, 0.1) is 0 Å². The minimum atomic E-state index is -5.24. The fourth-order valence-electron chi connectivity index (χ4n) is 4.33. The van der Waals surface area contributed by atoms with E-state index in [2.05, 4.69) is 5.32 Å². The lowest BCUT2D eigenvalue weighted by Crippen LogP contribution is -2.53. The Kier molecular flexibility index (Phi) is 7.90. The number of halogens is 4. The highest BCUT2D eigenvalue weighted by Gasteiger charge is 2.56. The van der Waals surface area contributed by atoms with E-state index in [0.29, 0.717) is 32.0 Å². The number of benzene rings is 3. The van der Waals surface area contributed by atoms with Crippen LogP contribution in [0.1, 0.15) is 41.7 Å². The van der Waals surface area contributed by atoms with E-state index in [1.54, 1.807) is 0 Å². The van der Waals surface area contributed by atoms with E-state index in [9.17, 15) is 41.4 Å². The lowest BCUT2D eigenvalue weighted by molar-refractivity contribution is -0.263. The van der Waals surface area contributed by atoms with E-state index < -0.39 is 49.9 Å². The summed E-state index contributed by atoms with van der Waals surface area (Å²) in [7, 11) is -4.19. The van der Waals surface area contributed by atoms with Gasteiger partial charge in [-0.3, -0.25) is 9.59 Å². The number of hydrogen-bond acceptors (Lipinski definition) is 6. The van der Waals surface area contributed by atoms with Crippen LogP contribution < -0.4 is 10.2 Å². The third-order valence-electron chi connectivity index (χ3n) is 6.69. The van der Waals surface area contributed by atoms with Crippen LogP contribution in [0.2, 0.25) is 5.02 Å². The quantitative estimate of drug-likeness (QED) is 0.360. The van der Waals surface area contributed by atoms with Gasteiger partial charge in [-0.1, -0.05) is 29.8 Å². The van der Waals surface area contributed by atoms with Crippen molar-refractivity contribution in [3.8, 4) is 5.75 Å². The van der Waals surface area contributed by atoms with E-state index in [4.69, 9.17) is 11.6 Å². The van der Waals surface area contributed by atoms with Crippen molar-refractivity contribution in [2.24, 2.45) is 0 Å². The molecule has 4 rings (SSSR count). The van der Waals surface area contributed by atoms with Gasteiger partial charge in [-0.25, -0.2) is 8.42 Å². The van der Waals surface area contributed by atoms with Gasteiger partial charge in [-0.2, -0.15) is 13.2 Å². The van der Waals surface area contributed by atoms with Crippen molar-refractivity contribution in [1.82, 2.24) is 5.32 Å². The molecule has 13 heteroatoms. The second-order valence-corrected chi connectivity index (χ2v) is 11.8. The smallest absolute Gasteiger partial charge is 0.419 e. The lowest BCUT2D eigenvalue weighted by atomic mass is 9.89. The molecule has 0 aromatic heterocycles. The number of para-hydroxylation sites is 1. The van der Waals surface area contributed by atoms with Gasteiger partial charge in [-0.15, -0.1) is 0 Å². The number of phenols is 1. The van der Waals surface area contributed by atoms with Gasteiger partial charge in [0.05, 0.1) is 21.4 Å². The molecule has 0 bridgehead atoms. The number of nitrogens with one attached hydrogen (secondary N) is 1. The van der Waals surface area contributed by atoms with Crippen molar-refractivity contribution in [2.75, 3.05) is 11.4 Å². The maximum Gasteiger partial charge on any atom is 0.419 e. The zero-order valence-electron chi connectivity index (χ0n) is 20.9. The molecule has 1 saturated heterocycles. The van der Waals surface area contributed by atoms with Crippen molar-refractivity contribution in [1.29, 1.82) is 0 Å². The molecule has 1 heterocycles. The topological polar surface area (TPSA) is 124 Å². The first-order valence-corrected chi connectivity index (χ1v) is 13.8. The molecule has 2 atom stereocenters. The third kappa shape index (κ3) is 5.51. The van der Waals surface area contributed by atoms with Crippen molar-refractivity contribution in [3.05, 3.63) is 82.9 Å². The number of phenolic OH excluding ortho intramolecular Hbond substituents is 1. The predicted octanol–water partition coefficient (Wildman–Crippen LogP) is 4.79. The van der Waals surface area contributed by atoms with Gasteiger partial charge >= 0.3 is 6.18 Å². The highest BCUT2D eigenvalue weighted by Crippen LogP contribution is 2.42. The zero-order chi connectivity index (χ0) is 29.5. The molecule has 2 amide bonds. The number of aliphatic hydroxyl groups is 1. The Hall–Kier alpha value is -3.61. The summed E-state index contributed by atoms with van der Waals surface area (Å²) in [5.74, 6) is -1.70. The van der Waals surface area contributed by atoms with Crippen LogP contribution in [0.15, 0.2) is 76.5 Å². The number of anilines is 1. The van der Waals surface area contributed by atoms with Crippen LogP contribution in [-0.2, 0) is 14.6 Å². The average Bonchev–Trinajstić information content (AvgIpc) is 3.32. The normalized spacial score (nSPS) is 16.4. The molecule has 3 aromatic carbocycles. The van der Waals surface area contributed by atoms with E-state index in [0.717, 1.165) is 24.3 Å². The molecule has 212 valence electrons. The molecule has 0 spiro atoms. The lowest BCUT2D eigenvalue weighted by Gasteiger charge is -2.36. The number of amides is 2. The molecule has 1 aliphatic heterocycles. The average molecular weight is 597 g/mol. The Balaban J connectivity index is 1.69. The molecule has 40 heavy (non-hydrogen) atoms. The van der Waals surface area contributed by atoms with E-state index in [1.807, 2.05) is 0 Å². The number of rotatable bonds is 7. The summed E-state index contributed by atoms with van der Waals surface area (Å²) >= 11 is 6.27. The maximum atomic E-state index is 13.9. The van der Waals surface area contributed by atoms with Gasteiger partial charge < -0.3 is 20.4 Å². The SMILES string of the molecule is CC(O)(C(NC(=O)c1ccccc1O)c1ccc(S(=O)(=O)c2ccc(N3CCCC3=O)cc2)cc1Cl)C(F)(F)F. The van der Waals surface area contributed by atoms with Gasteiger partial charge in [0.15, 0.2) is 5.60 Å². The third-order valence-corrected chi connectivity index (χ3v) is 8.78. The summed E-state index contributed by atoms with van der Waals surface area (Å²) in [5.41, 5.74) is -3.76. The van der Waals surface area contributed by atoms with Gasteiger partial charge in [0.25, 0.3) is 5.91 Å². The summed E-state index contributed by atoms with van der Waals surface area (Å²) in [5, 5.41) is 22.0. The van der Waals surface area contributed by atoms with Crippen LogP contribution >= 0.6 is 11.6 Å². The van der Waals surface area contributed by atoms with Crippen molar-refractivity contribution in [2.45, 2.75) is 47.4 Å². The van der Waals surface area contributed by atoms with Crippen molar-refractivity contribution < 1.29 is 41.4 Å². The predicted molar refractivity (Wildman–Crippen MR) is 140 cm³/mol. The van der Waals surface area contributed by atoms with Gasteiger partial charge in [0.2, 0.25) is 15.7 Å². The molecule has 0 aliphatic carbocycles. The Morgan fingerprint density at radius 1 is 1.05 bits per heavy atom. The Morgan fingerprint density at radius 3 is 2.23 bits per heavy atom. The largest absolute Gasteiger partial charge is 0.507 e. The number of carbonyl (C=O) groups is 2. The monoisotopic (exact) mass is 596 g/mol. The standard InChI is InChI=1S/C27H24ClF3N2O6S/c1-26(37,27(29,30)31)24(32-25(36)20-5-2-3-6-22(20)34)19-13-12-18(15-21(19)28)40(38,39)17-10-8-16(9-11-17)33-14-4-7-23(33)35/h2-3,5-6,8-13,15,24,34,37H,4,7,14H2,1H3,(H,32,36).